The van der Waals surface area contributed by atoms with Gasteiger partial charge in [-0.3, -0.25) is 9.69 Å². The number of carbonyl (C=O) groups is 1. The second-order valence-electron chi connectivity index (χ2n) is 8.37. The van der Waals surface area contributed by atoms with E-state index in [4.69, 9.17) is 16.1 Å². The molecule has 0 bridgehead atoms. The summed E-state index contributed by atoms with van der Waals surface area (Å²) < 4.78 is 5.42. The zero-order valence-corrected chi connectivity index (χ0v) is 20.4. The molecule has 1 saturated heterocycles. The molecule has 1 aliphatic rings. The molecule has 8 heteroatoms. The number of aryl methyl sites for hydroxylation is 1. The highest BCUT2D eigenvalue weighted by Crippen LogP contribution is 2.25. The van der Waals surface area contributed by atoms with Crippen molar-refractivity contribution in [2.45, 2.75) is 32.1 Å². The van der Waals surface area contributed by atoms with Gasteiger partial charge in [0.15, 0.2) is 0 Å². The van der Waals surface area contributed by atoms with E-state index in [0.717, 1.165) is 43.0 Å². The molecule has 0 spiro atoms. The lowest BCUT2D eigenvalue weighted by Gasteiger charge is -2.30. The molecular weight excluding hydrogens is 456 g/mol. The highest BCUT2D eigenvalue weighted by Gasteiger charge is 2.26. The molecule has 1 amide bonds. The lowest BCUT2D eigenvalue weighted by atomic mass is 9.96. The Morgan fingerprint density at radius 3 is 2.70 bits per heavy atom. The minimum absolute atomic E-state index is 0.0738. The van der Waals surface area contributed by atoms with E-state index in [1.807, 2.05) is 36.0 Å². The van der Waals surface area contributed by atoms with E-state index in [0.29, 0.717) is 29.8 Å². The fourth-order valence-corrected chi connectivity index (χ4v) is 4.92. The number of likely N-dealkylation sites (tertiary alicyclic amines) is 1. The van der Waals surface area contributed by atoms with Gasteiger partial charge in [0, 0.05) is 29.5 Å². The summed E-state index contributed by atoms with van der Waals surface area (Å²) >= 11 is 8.07. The smallest absolute Gasteiger partial charge is 0.241 e. The molecular formula is C25H29ClN4O2S. The Hall–Kier alpha value is -2.35. The third kappa shape index (κ3) is 6.82. The van der Waals surface area contributed by atoms with E-state index < -0.39 is 0 Å². The van der Waals surface area contributed by atoms with Crippen LogP contribution in [0.3, 0.4) is 0 Å². The van der Waals surface area contributed by atoms with Gasteiger partial charge in [0.1, 0.15) is 0 Å². The molecule has 6 nitrogen and oxygen atoms in total. The average Bonchev–Trinajstić information content (AvgIpc) is 3.29. The number of amides is 1. The molecule has 2 heterocycles. The standard InChI is InChI=1S/C25H29ClN4O2S/c1-18-6-8-19(9-7-18)17-33-15-12-27-25(31)20-10-13-30(14-11-20)16-23-28-24(29-32-23)21-4-2-3-5-22(21)26/h2-9,20H,10-17H2,1H3,(H,27,31). The van der Waals surface area contributed by atoms with Crippen molar-refractivity contribution in [3.05, 3.63) is 70.6 Å². The van der Waals surface area contributed by atoms with Gasteiger partial charge < -0.3 is 9.84 Å². The zero-order valence-electron chi connectivity index (χ0n) is 18.8. The molecule has 1 N–H and O–H groups in total. The van der Waals surface area contributed by atoms with Gasteiger partial charge in [-0.15, -0.1) is 0 Å². The number of hydrogen-bond acceptors (Lipinski definition) is 6. The minimum atomic E-state index is 0.0738. The molecule has 0 aliphatic carbocycles. The Morgan fingerprint density at radius 2 is 1.94 bits per heavy atom. The van der Waals surface area contributed by atoms with E-state index in [2.05, 4.69) is 51.5 Å². The maximum Gasteiger partial charge on any atom is 0.241 e. The summed E-state index contributed by atoms with van der Waals surface area (Å²) in [5.74, 6) is 3.21. The molecule has 0 atom stereocenters. The zero-order chi connectivity index (χ0) is 23.0. The molecule has 1 aliphatic heterocycles. The lowest BCUT2D eigenvalue weighted by molar-refractivity contribution is -0.126. The Kier molecular flexibility index (Phi) is 8.42. The summed E-state index contributed by atoms with van der Waals surface area (Å²) in [6, 6.07) is 16.1. The number of thioether (sulfide) groups is 1. The Morgan fingerprint density at radius 1 is 1.18 bits per heavy atom. The van der Waals surface area contributed by atoms with Crippen LogP contribution in [0.1, 0.15) is 29.9 Å². The number of nitrogens with one attached hydrogen (secondary N) is 1. The molecule has 1 aromatic heterocycles. The van der Waals surface area contributed by atoms with Crippen LogP contribution >= 0.6 is 23.4 Å². The van der Waals surface area contributed by atoms with E-state index >= 15 is 0 Å². The fourth-order valence-electron chi connectivity index (χ4n) is 3.88. The van der Waals surface area contributed by atoms with Gasteiger partial charge in [-0.25, -0.2) is 0 Å². The number of carbonyl (C=O) groups excluding carboxylic acids is 1. The van der Waals surface area contributed by atoms with Crippen LogP contribution in [0, 0.1) is 12.8 Å². The van der Waals surface area contributed by atoms with Crippen LogP contribution in [0.15, 0.2) is 53.1 Å². The first kappa shape index (κ1) is 23.8. The van der Waals surface area contributed by atoms with E-state index in [9.17, 15) is 4.79 Å². The SMILES string of the molecule is Cc1ccc(CSCCNC(=O)C2CCN(Cc3nc(-c4ccccc4Cl)no3)CC2)cc1. The lowest BCUT2D eigenvalue weighted by Crippen LogP contribution is -2.40. The topological polar surface area (TPSA) is 71.3 Å². The summed E-state index contributed by atoms with van der Waals surface area (Å²) in [4.78, 5) is 19.3. The van der Waals surface area contributed by atoms with Crippen LogP contribution in [0.5, 0.6) is 0 Å². The maximum atomic E-state index is 12.5. The van der Waals surface area contributed by atoms with Crippen molar-refractivity contribution >= 4 is 29.3 Å². The number of aromatic nitrogens is 2. The summed E-state index contributed by atoms with van der Waals surface area (Å²) in [5.41, 5.74) is 3.37. The number of benzene rings is 2. The third-order valence-corrected chi connectivity index (χ3v) is 7.19. The van der Waals surface area contributed by atoms with Crippen molar-refractivity contribution in [1.82, 2.24) is 20.4 Å². The Labute approximate surface area is 204 Å². The highest BCUT2D eigenvalue weighted by molar-refractivity contribution is 7.98. The minimum Gasteiger partial charge on any atom is -0.355 e. The second-order valence-corrected chi connectivity index (χ2v) is 9.88. The summed E-state index contributed by atoms with van der Waals surface area (Å²) in [5, 5.41) is 7.77. The fraction of sp³-hybridized carbons (Fsp3) is 0.400. The van der Waals surface area contributed by atoms with Crippen molar-refractivity contribution in [2.75, 3.05) is 25.4 Å². The van der Waals surface area contributed by atoms with Gasteiger partial charge in [0.05, 0.1) is 11.6 Å². The number of nitrogens with zero attached hydrogens (tertiary/aromatic N) is 3. The van der Waals surface area contributed by atoms with Crippen LogP contribution in [0.2, 0.25) is 5.02 Å². The summed E-state index contributed by atoms with van der Waals surface area (Å²) in [6.07, 6.45) is 1.68. The first-order valence-corrected chi connectivity index (χ1v) is 12.8. The normalized spacial score (nSPS) is 15.0. The van der Waals surface area contributed by atoms with E-state index in [1.54, 1.807) is 0 Å². The first-order chi connectivity index (χ1) is 16.1. The number of piperidine rings is 1. The third-order valence-electron chi connectivity index (χ3n) is 5.84. The highest BCUT2D eigenvalue weighted by atomic mass is 35.5. The van der Waals surface area contributed by atoms with Gasteiger partial charge in [-0.05, 0) is 50.6 Å². The van der Waals surface area contributed by atoms with Crippen molar-refractivity contribution in [2.24, 2.45) is 5.92 Å². The van der Waals surface area contributed by atoms with E-state index in [-0.39, 0.29) is 11.8 Å². The largest absolute Gasteiger partial charge is 0.355 e. The van der Waals surface area contributed by atoms with Gasteiger partial charge in [0.2, 0.25) is 17.6 Å². The number of hydrogen-bond donors (Lipinski definition) is 1. The summed E-state index contributed by atoms with van der Waals surface area (Å²) in [6.45, 7) is 5.07. The molecule has 2 aromatic carbocycles. The van der Waals surface area contributed by atoms with Crippen molar-refractivity contribution in [1.29, 1.82) is 0 Å². The van der Waals surface area contributed by atoms with Gasteiger partial charge in [-0.1, -0.05) is 58.7 Å². The Bertz CT molecular complexity index is 1050. The first-order valence-electron chi connectivity index (χ1n) is 11.3. The van der Waals surface area contributed by atoms with Crippen LogP contribution < -0.4 is 5.32 Å². The summed E-state index contributed by atoms with van der Waals surface area (Å²) in [7, 11) is 0. The van der Waals surface area contributed by atoms with Crippen LogP contribution in [0.25, 0.3) is 11.4 Å². The molecule has 1 fully saturated rings. The van der Waals surface area contributed by atoms with Crippen LogP contribution in [0.4, 0.5) is 0 Å². The molecule has 174 valence electrons. The number of rotatable bonds is 9. The molecule has 3 aromatic rings. The predicted molar refractivity (Wildman–Crippen MR) is 133 cm³/mol. The molecule has 33 heavy (non-hydrogen) atoms. The van der Waals surface area contributed by atoms with Crippen LogP contribution in [-0.4, -0.2) is 46.3 Å². The molecule has 4 rings (SSSR count). The van der Waals surface area contributed by atoms with Gasteiger partial charge in [-0.2, -0.15) is 16.7 Å². The van der Waals surface area contributed by atoms with Crippen molar-refractivity contribution in [3.8, 4) is 11.4 Å². The van der Waals surface area contributed by atoms with Crippen molar-refractivity contribution in [3.63, 3.8) is 0 Å². The van der Waals surface area contributed by atoms with Gasteiger partial charge in [0.25, 0.3) is 0 Å². The van der Waals surface area contributed by atoms with Crippen LogP contribution in [-0.2, 0) is 17.1 Å². The quantitative estimate of drug-likeness (QED) is 0.433. The molecule has 0 unspecified atom stereocenters. The number of halogens is 1. The average molecular weight is 485 g/mol. The molecule has 0 radical (unpaired) electrons. The van der Waals surface area contributed by atoms with Crippen molar-refractivity contribution < 1.29 is 9.32 Å². The maximum absolute atomic E-state index is 12.5. The van der Waals surface area contributed by atoms with E-state index in [1.165, 1.54) is 11.1 Å². The second kappa shape index (κ2) is 11.7. The van der Waals surface area contributed by atoms with Gasteiger partial charge >= 0.3 is 0 Å². The predicted octanol–water partition coefficient (Wildman–Crippen LogP) is 4.96. The monoisotopic (exact) mass is 484 g/mol. The Balaban J connectivity index is 1.14. The molecule has 0 saturated carbocycles.